The first kappa shape index (κ1) is 12.8. The number of nitrogens with zero attached hydrogens (tertiary/aromatic N) is 2. The van der Waals surface area contributed by atoms with Crippen molar-refractivity contribution in [1.82, 2.24) is 14.5 Å². The zero-order chi connectivity index (χ0) is 13.2. The van der Waals surface area contributed by atoms with Crippen LogP contribution in [0.5, 0.6) is 0 Å². The lowest BCUT2D eigenvalue weighted by molar-refractivity contribution is 0.577. The summed E-state index contributed by atoms with van der Waals surface area (Å²) in [5, 5.41) is 4.25. The summed E-state index contributed by atoms with van der Waals surface area (Å²) in [7, 11) is -2.12. The first-order chi connectivity index (χ1) is 8.60. The molecule has 1 heterocycles. The summed E-state index contributed by atoms with van der Waals surface area (Å²) < 4.78 is 27.5. The first-order valence-electron chi connectivity index (χ1n) is 5.66. The Balaban J connectivity index is 2.63. The Hall–Kier alpha value is -1.66. The zero-order valence-electron chi connectivity index (χ0n) is 10.3. The van der Waals surface area contributed by atoms with Crippen molar-refractivity contribution in [2.24, 2.45) is 0 Å². The van der Waals surface area contributed by atoms with Gasteiger partial charge in [0, 0.05) is 0 Å². The van der Waals surface area contributed by atoms with E-state index in [1.807, 2.05) is 31.2 Å². The number of nitrogens with one attached hydrogen (secondary N) is 1. The molecule has 1 N–H and O–H groups in total. The van der Waals surface area contributed by atoms with E-state index in [2.05, 4.69) is 9.82 Å². The molecular formula is C12H15N3O2S. The van der Waals surface area contributed by atoms with E-state index in [1.54, 1.807) is 0 Å². The van der Waals surface area contributed by atoms with E-state index in [-0.39, 0.29) is 5.03 Å². The van der Waals surface area contributed by atoms with Gasteiger partial charge < -0.3 is 0 Å². The van der Waals surface area contributed by atoms with Gasteiger partial charge in [0.15, 0.2) is 5.03 Å². The smallest absolute Gasteiger partial charge is 0.220 e. The average molecular weight is 265 g/mol. The van der Waals surface area contributed by atoms with Gasteiger partial charge in [-0.15, -0.1) is 0 Å². The number of aryl methyl sites for hydroxylation is 1. The fourth-order valence-corrected chi connectivity index (χ4v) is 2.62. The second-order valence-electron chi connectivity index (χ2n) is 3.77. The zero-order valence-corrected chi connectivity index (χ0v) is 11.1. The van der Waals surface area contributed by atoms with Gasteiger partial charge in [0.25, 0.3) is 10.0 Å². The van der Waals surface area contributed by atoms with Gasteiger partial charge in [-0.1, -0.05) is 25.1 Å². The molecule has 2 rings (SSSR count). The van der Waals surface area contributed by atoms with Gasteiger partial charge in [-0.05, 0) is 31.2 Å². The third-order valence-electron chi connectivity index (χ3n) is 2.75. The minimum Gasteiger partial charge on any atom is -0.220 e. The van der Waals surface area contributed by atoms with E-state index in [1.165, 1.54) is 24.0 Å². The fraction of sp³-hybridized carbons (Fsp3) is 0.250. The van der Waals surface area contributed by atoms with Crippen LogP contribution in [0.3, 0.4) is 0 Å². The number of aromatic nitrogens is 2. The van der Waals surface area contributed by atoms with Gasteiger partial charge >= 0.3 is 0 Å². The van der Waals surface area contributed by atoms with Gasteiger partial charge in [-0.25, -0.2) is 17.8 Å². The molecule has 96 valence electrons. The molecule has 0 aliphatic carbocycles. The largest absolute Gasteiger partial charge is 0.257 e. The van der Waals surface area contributed by atoms with E-state index in [9.17, 15) is 8.42 Å². The SMILES string of the molecule is CCc1ccccc1-n1nccc1S(=O)(=O)NC. The molecular weight excluding hydrogens is 250 g/mol. The van der Waals surface area contributed by atoms with Crippen LogP contribution in [0, 0.1) is 0 Å². The molecule has 5 nitrogen and oxygen atoms in total. The number of rotatable bonds is 4. The molecule has 0 saturated carbocycles. The summed E-state index contributed by atoms with van der Waals surface area (Å²) in [5.41, 5.74) is 1.84. The molecule has 18 heavy (non-hydrogen) atoms. The van der Waals surface area contributed by atoms with Crippen molar-refractivity contribution in [3.8, 4) is 5.69 Å². The van der Waals surface area contributed by atoms with E-state index in [0.717, 1.165) is 17.7 Å². The molecule has 1 aromatic carbocycles. The van der Waals surface area contributed by atoms with Crippen molar-refractivity contribution in [3.05, 3.63) is 42.1 Å². The number of benzene rings is 1. The molecule has 6 heteroatoms. The van der Waals surface area contributed by atoms with Crippen molar-refractivity contribution in [2.45, 2.75) is 18.4 Å². The Labute approximate surface area is 107 Å². The van der Waals surface area contributed by atoms with Crippen LogP contribution >= 0.6 is 0 Å². The molecule has 0 spiro atoms. The van der Waals surface area contributed by atoms with Crippen molar-refractivity contribution in [3.63, 3.8) is 0 Å². The second-order valence-corrected chi connectivity index (χ2v) is 5.60. The monoisotopic (exact) mass is 265 g/mol. The Morgan fingerprint density at radius 3 is 2.67 bits per heavy atom. The normalized spacial score (nSPS) is 11.7. The Bertz CT molecular complexity index is 647. The van der Waals surface area contributed by atoms with E-state index < -0.39 is 10.0 Å². The maximum absolute atomic E-state index is 11.9. The van der Waals surface area contributed by atoms with Crippen LogP contribution in [0.2, 0.25) is 0 Å². The van der Waals surface area contributed by atoms with Gasteiger partial charge in [0.2, 0.25) is 0 Å². The molecule has 0 radical (unpaired) electrons. The highest BCUT2D eigenvalue weighted by molar-refractivity contribution is 7.89. The minimum atomic E-state index is -3.51. The summed E-state index contributed by atoms with van der Waals surface area (Å²) in [5.74, 6) is 0. The van der Waals surface area contributed by atoms with Gasteiger partial charge in [0.1, 0.15) is 0 Å². The minimum absolute atomic E-state index is 0.144. The van der Waals surface area contributed by atoms with Crippen LogP contribution in [0.1, 0.15) is 12.5 Å². The number of hydrogen-bond donors (Lipinski definition) is 1. The van der Waals surface area contributed by atoms with Crippen molar-refractivity contribution >= 4 is 10.0 Å². The van der Waals surface area contributed by atoms with E-state index in [4.69, 9.17) is 0 Å². The van der Waals surface area contributed by atoms with E-state index in [0.29, 0.717) is 0 Å². The number of sulfonamides is 1. The highest BCUT2D eigenvalue weighted by atomic mass is 32.2. The lowest BCUT2D eigenvalue weighted by atomic mass is 10.1. The van der Waals surface area contributed by atoms with Crippen LogP contribution < -0.4 is 4.72 Å². The van der Waals surface area contributed by atoms with Crippen molar-refractivity contribution in [1.29, 1.82) is 0 Å². The molecule has 0 amide bonds. The first-order valence-corrected chi connectivity index (χ1v) is 7.14. The van der Waals surface area contributed by atoms with E-state index >= 15 is 0 Å². The van der Waals surface area contributed by atoms with Crippen LogP contribution in [0.25, 0.3) is 5.69 Å². The Morgan fingerprint density at radius 2 is 2.00 bits per heavy atom. The maximum atomic E-state index is 11.9. The number of hydrogen-bond acceptors (Lipinski definition) is 3. The lowest BCUT2D eigenvalue weighted by Crippen LogP contribution is -2.22. The highest BCUT2D eigenvalue weighted by Crippen LogP contribution is 2.19. The summed E-state index contributed by atoms with van der Waals surface area (Å²) in [6.45, 7) is 2.02. The van der Waals surface area contributed by atoms with Gasteiger partial charge in [-0.2, -0.15) is 5.10 Å². The highest BCUT2D eigenvalue weighted by Gasteiger charge is 2.19. The standard InChI is InChI=1S/C12H15N3O2S/c1-3-10-6-4-5-7-11(10)15-12(8-9-14-15)18(16,17)13-2/h4-9,13H,3H2,1-2H3. The van der Waals surface area contributed by atoms with Crippen LogP contribution in [0.15, 0.2) is 41.6 Å². The molecule has 0 saturated heterocycles. The summed E-state index contributed by atoms with van der Waals surface area (Å²) in [6.07, 6.45) is 2.30. The summed E-state index contributed by atoms with van der Waals surface area (Å²) >= 11 is 0. The van der Waals surface area contributed by atoms with Gasteiger partial charge in [0.05, 0.1) is 11.9 Å². The molecule has 2 aromatic rings. The van der Waals surface area contributed by atoms with Crippen LogP contribution in [0.4, 0.5) is 0 Å². The van der Waals surface area contributed by atoms with Crippen LogP contribution in [-0.4, -0.2) is 25.2 Å². The molecule has 1 aromatic heterocycles. The average Bonchev–Trinajstić information content (AvgIpc) is 2.88. The third kappa shape index (κ3) is 2.16. The molecule has 0 aliphatic heterocycles. The molecule has 0 fully saturated rings. The predicted octanol–water partition coefficient (Wildman–Crippen LogP) is 1.34. The Kier molecular flexibility index (Phi) is 3.49. The third-order valence-corrected chi connectivity index (χ3v) is 4.15. The molecule has 0 atom stereocenters. The molecule has 0 bridgehead atoms. The second kappa shape index (κ2) is 4.91. The van der Waals surface area contributed by atoms with Gasteiger partial charge in [-0.3, -0.25) is 0 Å². The van der Waals surface area contributed by atoms with Crippen molar-refractivity contribution < 1.29 is 8.42 Å². The predicted molar refractivity (Wildman–Crippen MR) is 69.2 cm³/mol. The maximum Gasteiger partial charge on any atom is 0.257 e. The van der Waals surface area contributed by atoms with Crippen molar-refractivity contribution in [2.75, 3.05) is 7.05 Å². The summed E-state index contributed by atoms with van der Waals surface area (Å²) in [4.78, 5) is 0. The molecule has 0 unspecified atom stereocenters. The quantitative estimate of drug-likeness (QED) is 0.907. The molecule has 0 aliphatic rings. The Morgan fingerprint density at radius 1 is 1.28 bits per heavy atom. The summed E-state index contributed by atoms with van der Waals surface area (Å²) in [6, 6.07) is 9.11. The fourth-order valence-electron chi connectivity index (χ4n) is 1.80. The number of para-hydroxylation sites is 1. The topological polar surface area (TPSA) is 64.0 Å². The van der Waals surface area contributed by atoms with Crippen LogP contribution in [-0.2, 0) is 16.4 Å². The lowest BCUT2D eigenvalue weighted by Gasteiger charge is -2.11.